The van der Waals surface area contributed by atoms with Gasteiger partial charge in [0.05, 0.1) is 24.9 Å². The zero-order valence-electron chi connectivity index (χ0n) is 12.7. The van der Waals surface area contributed by atoms with Crippen LogP contribution in [-0.2, 0) is 9.47 Å². The monoisotopic (exact) mass is 261 g/mol. The molecule has 0 heterocycles. The number of aliphatic hydroxyl groups excluding tert-OH is 1. The molecular weight excluding hydrogens is 230 g/mol. The minimum atomic E-state index is -0.458. The molecule has 4 heteroatoms. The molecule has 0 saturated heterocycles. The smallest absolute Gasteiger partial charge is 0.0897 e. The molecule has 1 atom stereocenters. The lowest BCUT2D eigenvalue weighted by atomic mass is 10.1. The molecule has 0 spiro atoms. The van der Waals surface area contributed by atoms with Gasteiger partial charge >= 0.3 is 0 Å². The second-order valence-electron chi connectivity index (χ2n) is 6.08. The molecule has 0 aromatic carbocycles. The zero-order valence-corrected chi connectivity index (χ0v) is 12.7. The Hall–Kier alpha value is -0.160. The maximum Gasteiger partial charge on any atom is 0.0897 e. The minimum absolute atomic E-state index is 0.194. The summed E-state index contributed by atoms with van der Waals surface area (Å²) in [6.45, 7) is 13.5. The second kappa shape index (κ2) is 9.73. The SMILES string of the molecule is CC(C)CCOCCNCC(O)COC(C)(C)C. The van der Waals surface area contributed by atoms with Gasteiger partial charge in [0.2, 0.25) is 0 Å². The molecule has 110 valence electrons. The largest absolute Gasteiger partial charge is 0.389 e. The molecule has 0 bridgehead atoms. The van der Waals surface area contributed by atoms with Crippen molar-refractivity contribution in [2.75, 3.05) is 32.9 Å². The highest BCUT2D eigenvalue weighted by Crippen LogP contribution is 2.06. The van der Waals surface area contributed by atoms with Crippen LogP contribution in [0.25, 0.3) is 0 Å². The fourth-order valence-corrected chi connectivity index (χ4v) is 1.24. The summed E-state index contributed by atoms with van der Waals surface area (Å²) >= 11 is 0. The van der Waals surface area contributed by atoms with Crippen molar-refractivity contribution in [1.29, 1.82) is 0 Å². The molecule has 0 aromatic heterocycles. The fourth-order valence-electron chi connectivity index (χ4n) is 1.24. The Morgan fingerprint density at radius 2 is 1.83 bits per heavy atom. The van der Waals surface area contributed by atoms with E-state index in [0.717, 1.165) is 19.6 Å². The third-order valence-electron chi connectivity index (χ3n) is 2.35. The van der Waals surface area contributed by atoms with Gasteiger partial charge in [-0.3, -0.25) is 0 Å². The Labute approximate surface area is 112 Å². The van der Waals surface area contributed by atoms with Crippen molar-refractivity contribution >= 4 is 0 Å². The second-order valence-corrected chi connectivity index (χ2v) is 6.08. The Kier molecular flexibility index (Phi) is 9.64. The van der Waals surface area contributed by atoms with Gasteiger partial charge in [0.25, 0.3) is 0 Å². The molecule has 0 aliphatic heterocycles. The Bertz CT molecular complexity index is 190. The third kappa shape index (κ3) is 13.9. The number of hydrogen-bond donors (Lipinski definition) is 2. The minimum Gasteiger partial charge on any atom is -0.389 e. The zero-order chi connectivity index (χ0) is 14.0. The van der Waals surface area contributed by atoms with E-state index in [1.807, 2.05) is 20.8 Å². The van der Waals surface area contributed by atoms with Crippen LogP contribution < -0.4 is 5.32 Å². The van der Waals surface area contributed by atoms with Crippen LogP contribution in [0.4, 0.5) is 0 Å². The summed E-state index contributed by atoms with van der Waals surface area (Å²) in [7, 11) is 0. The summed E-state index contributed by atoms with van der Waals surface area (Å²) in [6.07, 6.45) is 0.641. The fraction of sp³-hybridized carbons (Fsp3) is 1.00. The van der Waals surface area contributed by atoms with Crippen LogP contribution in [0.5, 0.6) is 0 Å². The van der Waals surface area contributed by atoms with E-state index in [9.17, 15) is 5.11 Å². The van der Waals surface area contributed by atoms with E-state index in [1.54, 1.807) is 0 Å². The summed E-state index contributed by atoms with van der Waals surface area (Å²) in [6, 6.07) is 0. The highest BCUT2D eigenvalue weighted by atomic mass is 16.5. The van der Waals surface area contributed by atoms with Crippen LogP contribution in [0.2, 0.25) is 0 Å². The maximum absolute atomic E-state index is 9.66. The van der Waals surface area contributed by atoms with Crippen LogP contribution in [0, 0.1) is 5.92 Å². The van der Waals surface area contributed by atoms with Gasteiger partial charge in [0.1, 0.15) is 0 Å². The van der Waals surface area contributed by atoms with Gasteiger partial charge in [-0.05, 0) is 33.1 Å². The molecule has 0 amide bonds. The molecule has 18 heavy (non-hydrogen) atoms. The van der Waals surface area contributed by atoms with Crippen LogP contribution in [0.1, 0.15) is 41.0 Å². The Morgan fingerprint density at radius 3 is 2.39 bits per heavy atom. The molecular formula is C14H31NO3. The number of ether oxygens (including phenoxy) is 2. The van der Waals surface area contributed by atoms with Gasteiger partial charge in [-0.25, -0.2) is 0 Å². The summed E-state index contributed by atoms with van der Waals surface area (Å²) < 4.78 is 11.0. The van der Waals surface area contributed by atoms with Crippen molar-refractivity contribution in [1.82, 2.24) is 5.32 Å². The molecule has 0 radical (unpaired) electrons. The van der Waals surface area contributed by atoms with Crippen molar-refractivity contribution in [2.24, 2.45) is 5.92 Å². The van der Waals surface area contributed by atoms with E-state index in [4.69, 9.17) is 9.47 Å². The van der Waals surface area contributed by atoms with Gasteiger partial charge in [0, 0.05) is 19.7 Å². The van der Waals surface area contributed by atoms with Crippen LogP contribution in [0.3, 0.4) is 0 Å². The van der Waals surface area contributed by atoms with Crippen molar-refractivity contribution in [3.63, 3.8) is 0 Å². The highest BCUT2D eigenvalue weighted by Gasteiger charge is 2.13. The first kappa shape index (κ1) is 17.8. The van der Waals surface area contributed by atoms with Crippen molar-refractivity contribution in [3.8, 4) is 0 Å². The molecule has 0 saturated carbocycles. The summed E-state index contributed by atoms with van der Waals surface area (Å²) in [5.74, 6) is 0.689. The molecule has 0 aliphatic carbocycles. The predicted octanol–water partition coefficient (Wildman–Crippen LogP) is 1.81. The Morgan fingerprint density at radius 1 is 1.17 bits per heavy atom. The molecule has 0 aromatic rings. The average Bonchev–Trinajstić information content (AvgIpc) is 2.23. The molecule has 2 N–H and O–H groups in total. The van der Waals surface area contributed by atoms with E-state index < -0.39 is 6.10 Å². The van der Waals surface area contributed by atoms with Crippen LogP contribution in [-0.4, -0.2) is 49.7 Å². The number of nitrogens with one attached hydrogen (secondary N) is 1. The summed E-state index contributed by atoms with van der Waals surface area (Å²) in [4.78, 5) is 0. The van der Waals surface area contributed by atoms with Gasteiger partial charge in [-0.1, -0.05) is 13.8 Å². The molecule has 4 nitrogen and oxygen atoms in total. The van der Waals surface area contributed by atoms with Crippen molar-refractivity contribution in [2.45, 2.75) is 52.7 Å². The first-order chi connectivity index (χ1) is 8.31. The van der Waals surface area contributed by atoms with Gasteiger partial charge < -0.3 is 19.9 Å². The van der Waals surface area contributed by atoms with E-state index in [0.29, 0.717) is 25.7 Å². The number of hydrogen-bond acceptors (Lipinski definition) is 4. The average molecular weight is 261 g/mol. The topological polar surface area (TPSA) is 50.7 Å². The van der Waals surface area contributed by atoms with Crippen LogP contribution >= 0.6 is 0 Å². The van der Waals surface area contributed by atoms with Gasteiger partial charge in [-0.2, -0.15) is 0 Å². The van der Waals surface area contributed by atoms with Crippen LogP contribution in [0.15, 0.2) is 0 Å². The summed E-state index contributed by atoms with van der Waals surface area (Å²) in [5, 5.41) is 12.8. The molecule has 0 fully saturated rings. The van der Waals surface area contributed by atoms with E-state index in [2.05, 4.69) is 19.2 Å². The van der Waals surface area contributed by atoms with E-state index in [-0.39, 0.29) is 5.60 Å². The quantitative estimate of drug-likeness (QED) is 0.589. The lowest BCUT2D eigenvalue weighted by Gasteiger charge is -2.22. The first-order valence-corrected chi connectivity index (χ1v) is 6.91. The lowest BCUT2D eigenvalue weighted by molar-refractivity contribution is -0.0480. The number of aliphatic hydroxyl groups is 1. The highest BCUT2D eigenvalue weighted by molar-refractivity contribution is 4.63. The van der Waals surface area contributed by atoms with Gasteiger partial charge in [0.15, 0.2) is 0 Å². The van der Waals surface area contributed by atoms with Crippen molar-refractivity contribution in [3.05, 3.63) is 0 Å². The number of rotatable bonds is 10. The normalized spacial score (nSPS) is 14.2. The first-order valence-electron chi connectivity index (χ1n) is 6.91. The summed E-state index contributed by atoms with van der Waals surface area (Å²) in [5.41, 5.74) is -0.194. The maximum atomic E-state index is 9.66. The van der Waals surface area contributed by atoms with Gasteiger partial charge in [-0.15, -0.1) is 0 Å². The Balaban J connectivity index is 3.28. The standard InChI is InChI=1S/C14H31NO3/c1-12(2)6-8-17-9-7-15-10-13(16)11-18-14(3,4)5/h12-13,15-16H,6-11H2,1-5H3. The molecule has 0 rings (SSSR count). The molecule has 0 aliphatic rings. The van der Waals surface area contributed by atoms with Crippen molar-refractivity contribution < 1.29 is 14.6 Å². The predicted molar refractivity (Wildman–Crippen MR) is 74.9 cm³/mol. The van der Waals surface area contributed by atoms with E-state index >= 15 is 0 Å². The lowest BCUT2D eigenvalue weighted by Crippen LogP contribution is -2.35. The third-order valence-corrected chi connectivity index (χ3v) is 2.35. The molecule has 1 unspecified atom stereocenters. The van der Waals surface area contributed by atoms with E-state index in [1.165, 1.54) is 0 Å².